The number of aromatic nitrogens is 1. The van der Waals surface area contributed by atoms with E-state index in [1.54, 1.807) is 6.07 Å². The lowest BCUT2D eigenvalue weighted by Gasteiger charge is -2.17. The molecule has 78 valence electrons. The summed E-state index contributed by atoms with van der Waals surface area (Å²) in [6.07, 6.45) is 1.92. The minimum atomic E-state index is -0.323. The Labute approximate surface area is 87.8 Å². The van der Waals surface area contributed by atoms with Crippen molar-refractivity contribution in [3.05, 3.63) is 17.8 Å². The third-order valence-corrected chi connectivity index (χ3v) is 2.47. The fourth-order valence-electron chi connectivity index (χ4n) is 1.74. The fraction of sp³-hybridized carbons (Fsp3) is 0.400. The zero-order chi connectivity index (χ0) is 10.8. The molecule has 1 aromatic heterocycles. The van der Waals surface area contributed by atoms with Gasteiger partial charge in [0.25, 0.3) is 0 Å². The molecule has 0 saturated carbocycles. The number of nitrogen functional groups attached to an aromatic ring is 1. The van der Waals surface area contributed by atoms with Crippen molar-refractivity contribution in [2.45, 2.75) is 12.5 Å². The maximum Gasteiger partial charge on any atom is 0.146 e. The van der Waals surface area contributed by atoms with E-state index in [-0.39, 0.29) is 6.10 Å². The molecule has 2 rings (SSSR count). The van der Waals surface area contributed by atoms with E-state index in [1.165, 1.54) is 6.20 Å². The van der Waals surface area contributed by atoms with Crippen LogP contribution in [-0.2, 0) is 0 Å². The van der Waals surface area contributed by atoms with Gasteiger partial charge < -0.3 is 15.7 Å². The van der Waals surface area contributed by atoms with Gasteiger partial charge in [-0.3, -0.25) is 0 Å². The highest BCUT2D eigenvalue weighted by molar-refractivity contribution is 5.59. The molecule has 1 fully saturated rings. The molecule has 1 atom stereocenters. The summed E-state index contributed by atoms with van der Waals surface area (Å²) in [6.45, 7) is 1.26. The van der Waals surface area contributed by atoms with Gasteiger partial charge in [0.05, 0.1) is 23.6 Å². The molecule has 0 radical (unpaired) electrons. The molecule has 5 nitrogen and oxygen atoms in total. The summed E-state index contributed by atoms with van der Waals surface area (Å²) in [7, 11) is 0. The van der Waals surface area contributed by atoms with Crippen LogP contribution in [0.5, 0.6) is 0 Å². The first-order chi connectivity index (χ1) is 7.20. The van der Waals surface area contributed by atoms with Crippen molar-refractivity contribution in [1.82, 2.24) is 4.98 Å². The lowest BCUT2D eigenvalue weighted by Crippen LogP contribution is -2.23. The molecule has 0 spiro atoms. The Balaban J connectivity index is 2.32. The average Bonchev–Trinajstić information content (AvgIpc) is 2.64. The van der Waals surface area contributed by atoms with Gasteiger partial charge in [0.15, 0.2) is 0 Å². The topological polar surface area (TPSA) is 86.2 Å². The van der Waals surface area contributed by atoms with Crippen LogP contribution >= 0.6 is 0 Å². The molecule has 2 heterocycles. The van der Waals surface area contributed by atoms with E-state index in [1.807, 2.05) is 4.90 Å². The fourth-order valence-corrected chi connectivity index (χ4v) is 1.74. The Morgan fingerprint density at radius 1 is 1.67 bits per heavy atom. The van der Waals surface area contributed by atoms with Crippen LogP contribution in [0.15, 0.2) is 12.3 Å². The summed E-state index contributed by atoms with van der Waals surface area (Å²) < 4.78 is 0. The second-order valence-corrected chi connectivity index (χ2v) is 3.64. The largest absolute Gasteiger partial charge is 0.397 e. The highest BCUT2D eigenvalue weighted by Crippen LogP contribution is 2.23. The first-order valence-electron chi connectivity index (χ1n) is 4.79. The van der Waals surface area contributed by atoms with Crippen LogP contribution in [0.25, 0.3) is 0 Å². The van der Waals surface area contributed by atoms with Crippen molar-refractivity contribution < 1.29 is 5.11 Å². The van der Waals surface area contributed by atoms with E-state index in [0.717, 1.165) is 13.0 Å². The summed E-state index contributed by atoms with van der Waals surface area (Å²) in [4.78, 5) is 6.04. The van der Waals surface area contributed by atoms with Crippen LogP contribution in [0.4, 0.5) is 11.5 Å². The number of aliphatic hydroxyl groups is 1. The molecular weight excluding hydrogens is 192 g/mol. The van der Waals surface area contributed by atoms with E-state index < -0.39 is 0 Å². The second-order valence-electron chi connectivity index (χ2n) is 3.64. The molecule has 3 N–H and O–H groups in total. The van der Waals surface area contributed by atoms with Crippen molar-refractivity contribution in [2.24, 2.45) is 0 Å². The number of nitriles is 1. The molecule has 1 aliphatic heterocycles. The van der Waals surface area contributed by atoms with Gasteiger partial charge in [0, 0.05) is 13.1 Å². The number of pyridine rings is 1. The van der Waals surface area contributed by atoms with E-state index >= 15 is 0 Å². The zero-order valence-electron chi connectivity index (χ0n) is 8.22. The minimum Gasteiger partial charge on any atom is -0.397 e. The third-order valence-electron chi connectivity index (χ3n) is 2.47. The summed E-state index contributed by atoms with van der Waals surface area (Å²) in [5.41, 5.74) is 6.49. The SMILES string of the molecule is N#Cc1cc(N)cnc1N1CCC(O)C1. The summed E-state index contributed by atoms with van der Waals surface area (Å²) in [6, 6.07) is 3.67. The summed E-state index contributed by atoms with van der Waals surface area (Å²) >= 11 is 0. The van der Waals surface area contributed by atoms with Gasteiger partial charge in [-0.1, -0.05) is 0 Å². The number of anilines is 2. The number of hydrogen-bond donors (Lipinski definition) is 2. The van der Waals surface area contributed by atoms with Crippen molar-refractivity contribution in [3.8, 4) is 6.07 Å². The van der Waals surface area contributed by atoms with Crippen molar-refractivity contribution in [2.75, 3.05) is 23.7 Å². The monoisotopic (exact) mass is 204 g/mol. The minimum absolute atomic E-state index is 0.323. The standard InChI is InChI=1S/C10H12N4O/c11-4-7-3-8(12)5-13-10(7)14-2-1-9(15)6-14/h3,5,9,15H,1-2,6,12H2. The van der Waals surface area contributed by atoms with Crippen LogP contribution in [-0.4, -0.2) is 29.3 Å². The normalized spacial score (nSPS) is 20.3. The number of hydrogen-bond acceptors (Lipinski definition) is 5. The van der Waals surface area contributed by atoms with Crippen LogP contribution in [0.1, 0.15) is 12.0 Å². The van der Waals surface area contributed by atoms with Gasteiger partial charge >= 0.3 is 0 Å². The Kier molecular flexibility index (Phi) is 2.44. The number of nitrogens with two attached hydrogens (primary N) is 1. The molecular formula is C10H12N4O. The third kappa shape index (κ3) is 1.85. The number of rotatable bonds is 1. The maximum atomic E-state index is 9.40. The van der Waals surface area contributed by atoms with E-state index in [9.17, 15) is 5.11 Å². The molecule has 1 unspecified atom stereocenters. The predicted molar refractivity (Wildman–Crippen MR) is 56.2 cm³/mol. The summed E-state index contributed by atoms with van der Waals surface area (Å²) in [5.74, 6) is 0.614. The van der Waals surface area contributed by atoms with E-state index in [4.69, 9.17) is 11.0 Å². The lowest BCUT2D eigenvalue weighted by atomic mass is 10.2. The Morgan fingerprint density at radius 3 is 3.07 bits per heavy atom. The van der Waals surface area contributed by atoms with Crippen molar-refractivity contribution in [3.63, 3.8) is 0 Å². The number of nitrogens with zero attached hydrogens (tertiary/aromatic N) is 3. The van der Waals surface area contributed by atoms with Gasteiger partial charge in [-0.15, -0.1) is 0 Å². The number of β-amino-alcohol motifs (C(OH)–C–C–N with tert-alkyl or cyclic N) is 1. The zero-order valence-corrected chi connectivity index (χ0v) is 8.22. The molecule has 0 aliphatic carbocycles. The van der Waals surface area contributed by atoms with E-state index in [2.05, 4.69) is 11.1 Å². The van der Waals surface area contributed by atoms with Gasteiger partial charge in [-0.25, -0.2) is 4.98 Å². The van der Waals surface area contributed by atoms with Gasteiger partial charge in [-0.05, 0) is 12.5 Å². The van der Waals surface area contributed by atoms with E-state index in [0.29, 0.717) is 23.6 Å². The Morgan fingerprint density at radius 2 is 2.47 bits per heavy atom. The quantitative estimate of drug-likeness (QED) is 0.678. The maximum absolute atomic E-state index is 9.40. The van der Waals surface area contributed by atoms with Crippen molar-refractivity contribution >= 4 is 11.5 Å². The molecule has 0 aromatic carbocycles. The highest BCUT2D eigenvalue weighted by Gasteiger charge is 2.23. The molecule has 1 aromatic rings. The molecule has 0 bridgehead atoms. The molecule has 1 aliphatic rings. The molecule has 1 saturated heterocycles. The Hall–Kier alpha value is -1.80. The van der Waals surface area contributed by atoms with Crippen LogP contribution in [0.3, 0.4) is 0 Å². The Bertz CT molecular complexity index is 412. The van der Waals surface area contributed by atoms with Gasteiger partial charge in [-0.2, -0.15) is 5.26 Å². The lowest BCUT2D eigenvalue weighted by molar-refractivity contribution is 0.198. The van der Waals surface area contributed by atoms with Gasteiger partial charge in [0.2, 0.25) is 0 Å². The highest BCUT2D eigenvalue weighted by atomic mass is 16.3. The van der Waals surface area contributed by atoms with Crippen molar-refractivity contribution in [1.29, 1.82) is 5.26 Å². The van der Waals surface area contributed by atoms with Crippen LogP contribution < -0.4 is 10.6 Å². The first-order valence-corrected chi connectivity index (χ1v) is 4.79. The average molecular weight is 204 g/mol. The predicted octanol–water partition coefficient (Wildman–Crippen LogP) is 0.106. The number of aliphatic hydroxyl groups excluding tert-OH is 1. The second kappa shape index (κ2) is 3.75. The van der Waals surface area contributed by atoms with Crippen LogP contribution in [0.2, 0.25) is 0 Å². The van der Waals surface area contributed by atoms with Crippen LogP contribution in [0, 0.1) is 11.3 Å². The van der Waals surface area contributed by atoms with Gasteiger partial charge in [0.1, 0.15) is 11.9 Å². The molecule has 5 heteroatoms. The molecule has 15 heavy (non-hydrogen) atoms. The molecule has 0 amide bonds. The smallest absolute Gasteiger partial charge is 0.146 e. The summed E-state index contributed by atoms with van der Waals surface area (Å²) in [5, 5.41) is 18.3. The first kappa shape index (κ1) is 9.74.